The average Bonchev–Trinajstić information content (AvgIpc) is 2.40. The summed E-state index contributed by atoms with van der Waals surface area (Å²) in [4.78, 5) is 7.62. The van der Waals surface area contributed by atoms with Gasteiger partial charge in [-0.1, -0.05) is 0 Å². The SMILES string of the molecule is CN1CC2CN(CCN3CCOCC3)CC(C1)C2N. The second-order valence-corrected chi connectivity index (χ2v) is 6.53. The zero-order valence-corrected chi connectivity index (χ0v) is 12.1. The molecule has 3 aliphatic rings. The van der Waals surface area contributed by atoms with Crippen LogP contribution in [0.5, 0.6) is 0 Å². The highest BCUT2D eigenvalue weighted by Crippen LogP contribution is 2.26. The van der Waals surface area contributed by atoms with Crippen LogP contribution in [0.15, 0.2) is 0 Å². The van der Waals surface area contributed by atoms with Crippen LogP contribution in [0.25, 0.3) is 0 Å². The molecule has 3 rings (SSSR count). The molecule has 0 aliphatic carbocycles. The van der Waals surface area contributed by atoms with Gasteiger partial charge < -0.3 is 20.3 Å². The van der Waals surface area contributed by atoms with E-state index in [2.05, 4.69) is 21.7 Å². The molecular weight excluding hydrogens is 240 g/mol. The van der Waals surface area contributed by atoms with E-state index in [0.717, 1.165) is 26.3 Å². The Morgan fingerprint density at radius 3 is 2.16 bits per heavy atom. The van der Waals surface area contributed by atoms with Crippen molar-refractivity contribution in [2.24, 2.45) is 17.6 Å². The minimum Gasteiger partial charge on any atom is -0.379 e. The Morgan fingerprint density at radius 1 is 0.947 bits per heavy atom. The zero-order valence-electron chi connectivity index (χ0n) is 12.1. The first-order valence-electron chi connectivity index (χ1n) is 7.69. The lowest BCUT2D eigenvalue weighted by atomic mass is 9.80. The molecule has 2 N–H and O–H groups in total. The first-order chi connectivity index (χ1) is 9.22. The summed E-state index contributed by atoms with van der Waals surface area (Å²) in [7, 11) is 2.23. The van der Waals surface area contributed by atoms with Gasteiger partial charge in [-0.3, -0.25) is 4.90 Å². The molecule has 3 heterocycles. The van der Waals surface area contributed by atoms with Gasteiger partial charge in [0.1, 0.15) is 0 Å². The summed E-state index contributed by atoms with van der Waals surface area (Å²) in [6.45, 7) is 11.1. The second kappa shape index (κ2) is 6.06. The number of nitrogens with two attached hydrogens (primary N) is 1. The van der Waals surface area contributed by atoms with Crippen molar-refractivity contribution in [3.8, 4) is 0 Å². The topological polar surface area (TPSA) is 45.0 Å². The van der Waals surface area contributed by atoms with Crippen LogP contribution in [0.4, 0.5) is 0 Å². The van der Waals surface area contributed by atoms with E-state index >= 15 is 0 Å². The van der Waals surface area contributed by atoms with Gasteiger partial charge in [0.2, 0.25) is 0 Å². The van der Waals surface area contributed by atoms with E-state index < -0.39 is 0 Å². The maximum Gasteiger partial charge on any atom is 0.0594 e. The third kappa shape index (κ3) is 3.28. The molecule has 3 saturated heterocycles. The number of ether oxygens (including phenoxy) is 1. The Hall–Kier alpha value is -0.200. The van der Waals surface area contributed by atoms with Gasteiger partial charge in [-0.25, -0.2) is 0 Å². The number of hydrogen-bond acceptors (Lipinski definition) is 5. The van der Waals surface area contributed by atoms with E-state index in [9.17, 15) is 0 Å². The lowest BCUT2D eigenvalue weighted by Crippen LogP contribution is -2.62. The monoisotopic (exact) mass is 268 g/mol. The van der Waals surface area contributed by atoms with Crippen molar-refractivity contribution in [3.63, 3.8) is 0 Å². The predicted molar refractivity (Wildman–Crippen MR) is 76.2 cm³/mol. The van der Waals surface area contributed by atoms with Crippen LogP contribution in [-0.4, -0.2) is 93.4 Å². The van der Waals surface area contributed by atoms with E-state index in [4.69, 9.17) is 10.5 Å². The molecule has 5 nitrogen and oxygen atoms in total. The Kier molecular flexibility index (Phi) is 4.39. The summed E-state index contributed by atoms with van der Waals surface area (Å²) in [5.74, 6) is 1.34. The smallest absolute Gasteiger partial charge is 0.0594 e. The van der Waals surface area contributed by atoms with E-state index in [-0.39, 0.29) is 0 Å². The Labute approximate surface area is 116 Å². The molecule has 2 atom stereocenters. The fourth-order valence-corrected chi connectivity index (χ4v) is 3.89. The fourth-order valence-electron chi connectivity index (χ4n) is 3.89. The summed E-state index contributed by atoms with van der Waals surface area (Å²) in [6, 6.07) is 0.427. The summed E-state index contributed by atoms with van der Waals surface area (Å²) >= 11 is 0. The van der Waals surface area contributed by atoms with E-state index in [1.807, 2.05) is 0 Å². The predicted octanol–water partition coefficient (Wildman–Crippen LogP) is -0.861. The van der Waals surface area contributed by atoms with Crippen LogP contribution >= 0.6 is 0 Å². The van der Waals surface area contributed by atoms with Crippen molar-refractivity contribution >= 4 is 0 Å². The number of rotatable bonds is 3. The maximum atomic E-state index is 6.37. The first kappa shape index (κ1) is 13.8. The van der Waals surface area contributed by atoms with Crippen LogP contribution in [0, 0.1) is 11.8 Å². The highest BCUT2D eigenvalue weighted by molar-refractivity contribution is 4.95. The van der Waals surface area contributed by atoms with Gasteiger partial charge in [0.15, 0.2) is 0 Å². The summed E-state index contributed by atoms with van der Waals surface area (Å²) in [5, 5.41) is 0. The molecule has 0 spiro atoms. The summed E-state index contributed by atoms with van der Waals surface area (Å²) < 4.78 is 5.40. The normalized spacial score (nSPS) is 38.5. The third-order valence-electron chi connectivity index (χ3n) is 5.00. The highest BCUT2D eigenvalue weighted by Gasteiger charge is 2.39. The largest absolute Gasteiger partial charge is 0.379 e. The average molecular weight is 268 g/mol. The van der Waals surface area contributed by atoms with Crippen molar-refractivity contribution in [3.05, 3.63) is 0 Å². The number of nitrogens with zero attached hydrogens (tertiary/aromatic N) is 3. The zero-order chi connectivity index (χ0) is 13.2. The molecule has 5 heteroatoms. The molecular formula is C14H28N4O. The molecule has 110 valence electrons. The van der Waals surface area contributed by atoms with Crippen molar-refractivity contribution in [1.82, 2.24) is 14.7 Å². The van der Waals surface area contributed by atoms with Gasteiger partial charge in [0, 0.05) is 58.4 Å². The van der Waals surface area contributed by atoms with Gasteiger partial charge in [-0.05, 0) is 18.9 Å². The van der Waals surface area contributed by atoms with Gasteiger partial charge in [-0.2, -0.15) is 0 Å². The quantitative estimate of drug-likeness (QED) is 0.722. The Balaban J connectivity index is 1.47. The molecule has 0 aromatic heterocycles. The van der Waals surface area contributed by atoms with Gasteiger partial charge in [0.05, 0.1) is 13.2 Å². The molecule has 0 saturated carbocycles. The van der Waals surface area contributed by atoms with E-state index in [1.54, 1.807) is 0 Å². The molecule has 2 unspecified atom stereocenters. The molecule has 0 aromatic rings. The highest BCUT2D eigenvalue weighted by atomic mass is 16.5. The van der Waals surface area contributed by atoms with E-state index in [1.165, 1.54) is 39.3 Å². The van der Waals surface area contributed by atoms with Crippen LogP contribution in [-0.2, 0) is 4.74 Å². The van der Waals surface area contributed by atoms with Gasteiger partial charge >= 0.3 is 0 Å². The fraction of sp³-hybridized carbons (Fsp3) is 1.00. The van der Waals surface area contributed by atoms with Crippen molar-refractivity contribution in [1.29, 1.82) is 0 Å². The number of fused-ring (bicyclic) bond motifs is 2. The lowest BCUT2D eigenvalue weighted by Gasteiger charge is -2.49. The summed E-state index contributed by atoms with van der Waals surface area (Å²) in [6.07, 6.45) is 0. The van der Waals surface area contributed by atoms with Crippen LogP contribution in [0.2, 0.25) is 0 Å². The number of hydrogen-bond donors (Lipinski definition) is 1. The molecule has 3 fully saturated rings. The van der Waals surface area contributed by atoms with E-state index in [0.29, 0.717) is 17.9 Å². The number of likely N-dealkylation sites (tertiary alicyclic amines) is 2. The molecule has 19 heavy (non-hydrogen) atoms. The van der Waals surface area contributed by atoms with Crippen molar-refractivity contribution < 1.29 is 4.74 Å². The van der Waals surface area contributed by atoms with Crippen LogP contribution < -0.4 is 5.73 Å². The third-order valence-corrected chi connectivity index (χ3v) is 5.00. The number of morpholine rings is 1. The Bertz CT molecular complexity index is 279. The van der Waals surface area contributed by atoms with Crippen molar-refractivity contribution in [2.45, 2.75) is 6.04 Å². The molecule has 0 aromatic carbocycles. The first-order valence-corrected chi connectivity index (χ1v) is 7.69. The van der Waals surface area contributed by atoms with Crippen LogP contribution in [0.3, 0.4) is 0 Å². The van der Waals surface area contributed by atoms with Gasteiger partial charge in [0.25, 0.3) is 0 Å². The Morgan fingerprint density at radius 2 is 1.53 bits per heavy atom. The second-order valence-electron chi connectivity index (χ2n) is 6.53. The van der Waals surface area contributed by atoms with Crippen molar-refractivity contribution in [2.75, 3.05) is 72.6 Å². The molecule has 3 aliphatic heterocycles. The number of piperidine rings is 2. The maximum absolute atomic E-state index is 6.37. The minimum atomic E-state index is 0.427. The molecule has 2 bridgehead atoms. The lowest BCUT2D eigenvalue weighted by molar-refractivity contribution is 0.00586. The minimum absolute atomic E-state index is 0.427. The molecule has 0 amide bonds. The standard InChI is InChI=1S/C14H28N4O/c1-16-8-12-10-18(11-13(9-16)14(12)15)3-2-17-4-6-19-7-5-17/h12-14H,2-11,15H2,1H3. The summed E-state index contributed by atoms with van der Waals surface area (Å²) in [5.41, 5.74) is 6.37. The molecule has 0 radical (unpaired) electrons. The van der Waals surface area contributed by atoms with Gasteiger partial charge in [-0.15, -0.1) is 0 Å². The van der Waals surface area contributed by atoms with Crippen LogP contribution in [0.1, 0.15) is 0 Å².